The summed E-state index contributed by atoms with van der Waals surface area (Å²) in [5.41, 5.74) is 1.53. The van der Waals surface area contributed by atoms with Gasteiger partial charge in [-0.2, -0.15) is 0 Å². The molecule has 3 rings (SSSR count). The number of hydrogen-bond acceptors (Lipinski definition) is 5. The molecule has 2 aromatic rings. The second kappa shape index (κ2) is 9.47. The van der Waals surface area contributed by atoms with Crippen molar-refractivity contribution in [3.05, 3.63) is 54.0 Å². The van der Waals surface area contributed by atoms with Crippen LogP contribution in [-0.4, -0.2) is 23.9 Å². The molecule has 0 bridgehead atoms. The van der Waals surface area contributed by atoms with Gasteiger partial charge in [0.2, 0.25) is 0 Å². The van der Waals surface area contributed by atoms with Gasteiger partial charge in [0.15, 0.2) is 4.32 Å². The quantitative estimate of drug-likeness (QED) is 0.193. The number of anilines is 1. The fourth-order valence-electron chi connectivity index (χ4n) is 2.56. The van der Waals surface area contributed by atoms with Gasteiger partial charge in [0.25, 0.3) is 5.91 Å². The van der Waals surface area contributed by atoms with Crippen LogP contribution >= 0.6 is 69.2 Å². The summed E-state index contributed by atoms with van der Waals surface area (Å²) in [5.74, 6) is 3.64. The van der Waals surface area contributed by atoms with Gasteiger partial charge in [0.05, 0.1) is 24.8 Å². The first-order valence-electron chi connectivity index (χ1n) is 7.92. The van der Waals surface area contributed by atoms with Crippen LogP contribution < -0.4 is 14.4 Å². The molecule has 0 spiro atoms. The number of thiocarbonyl (C=S) groups is 1. The molecule has 1 saturated heterocycles. The van der Waals surface area contributed by atoms with E-state index < -0.39 is 0 Å². The SMILES string of the molecule is C#CCOc1c(I)cc(C=C2SC(=S)N(c3ccccc3OC)C2=O)cc1I. The Bertz CT molecular complexity index is 1010. The minimum absolute atomic E-state index is 0.169. The molecule has 4 nitrogen and oxygen atoms in total. The van der Waals surface area contributed by atoms with E-state index in [0.29, 0.717) is 20.7 Å². The van der Waals surface area contributed by atoms with E-state index in [1.807, 2.05) is 36.4 Å². The van der Waals surface area contributed by atoms with E-state index in [1.165, 1.54) is 16.7 Å². The van der Waals surface area contributed by atoms with E-state index in [0.717, 1.165) is 18.5 Å². The molecule has 0 radical (unpaired) electrons. The van der Waals surface area contributed by atoms with Gasteiger partial charge in [-0.3, -0.25) is 9.69 Å². The van der Waals surface area contributed by atoms with Crippen LogP contribution in [0, 0.1) is 19.5 Å². The van der Waals surface area contributed by atoms with Gasteiger partial charge < -0.3 is 9.47 Å². The minimum atomic E-state index is -0.169. The Balaban J connectivity index is 1.93. The highest BCUT2D eigenvalue weighted by Gasteiger charge is 2.34. The fourth-order valence-corrected chi connectivity index (χ4v) is 5.97. The first-order valence-corrected chi connectivity index (χ1v) is 11.3. The van der Waals surface area contributed by atoms with Crippen molar-refractivity contribution in [3.8, 4) is 23.8 Å². The lowest BCUT2D eigenvalue weighted by atomic mass is 10.2. The lowest BCUT2D eigenvalue weighted by molar-refractivity contribution is -0.113. The Morgan fingerprint density at radius 2 is 1.96 bits per heavy atom. The minimum Gasteiger partial charge on any atom is -0.495 e. The van der Waals surface area contributed by atoms with Crippen LogP contribution in [0.2, 0.25) is 0 Å². The van der Waals surface area contributed by atoms with Crippen molar-refractivity contribution in [2.75, 3.05) is 18.6 Å². The van der Waals surface area contributed by atoms with E-state index in [9.17, 15) is 4.79 Å². The van der Waals surface area contributed by atoms with Gasteiger partial charge in [0, 0.05) is 0 Å². The van der Waals surface area contributed by atoms with Crippen molar-refractivity contribution in [1.82, 2.24) is 0 Å². The molecule has 2 aromatic carbocycles. The van der Waals surface area contributed by atoms with Crippen LogP contribution in [0.4, 0.5) is 5.69 Å². The summed E-state index contributed by atoms with van der Waals surface area (Å²) in [6.07, 6.45) is 7.11. The topological polar surface area (TPSA) is 38.8 Å². The Hall–Kier alpha value is -1.29. The highest BCUT2D eigenvalue weighted by molar-refractivity contribution is 14.1. The number of terminal acetylenes is 1. The van der Waals surface area contributed by atoms with Crippen molar-refractivity contribution in [3.63, 3.8) is 0 Å². The van der Waals surface area contributed by atoms with Gasteiger partial charge in [-0.1, -0.05) is 42.0 Å². The number of carbonyl (C=O) groups is 1. The second-order valence-corrected chi connectivity index (χ2v) is 9.50. The maximum atomic E-state index is 13.0. The summed E-state index contributed by atoms with van der Waals surface area (Å²) in [7, 11) is 1.57. The maximum absolute atomic E-state index is 13.0. The lowest BCUT2D eigenvalue weighted by Crippen LogP contribution is -2.27. The molecule has 0 aliphatic carbocycles. The Morgan fingerprint density at radius 3 is 2.61 bits per heavy atom. The number of halogens is 2. The largest absolute Gasteiger partial charge is 0.495 e. The van der Waals surface area contributed by atoms with E-state index in [-0.39, 0.29) is 12.5 Å². The first kappa shape index (κ1) is 21.4. The zero-order valence-corrected chi connectivity index (χ0v) is 20.5. The molecule has 1 amide bonds. The first-order chi connectivity index (χ1) is 13.5. The number of thioether (sulfide) groups is 1. The number of hydrogen-bond donors (Lipinski definition) is 0. The number of nitrogens with zero attached hydrogens (tertiary/aromatic N) is 1. The van der Waals surface area contributed by atoms with Crippen molar-refractivity contribution >= 4 is 91.2 Å². The average molecular weight is 633 g/mol. The molecule has 0 atom stereocenters. The number of para-hydroxylation sites is 2. The summed E-state index contributed by atoms with van der Waals surface area (Å²) >= 11 is 11.1. The molecule has 8 heteroatoms. The number of carbonyl (C=O) groups excluding carboxylic acids is 1. The number of rotatable bonds is 5. The van der Waals surface area contributed by atoms with Crippen LogP contribution in [0.1, 0.15) is 5.56 Å². The van der Waals surface area contributed by atoms with Gasteiger partial charge in [-0.05, 0) is 81.1 Å². The molecule has 0 saturated carbocycles. The number of methoxy groups -OCH3 is 1. The third-order valence-corrected chi connectivity index (χ3v) is 6.64. The molecule has 1 heterocycles. The predicted octanol–water partition coefficient (Wildman–Crippen LogP) is 5.32. The van der Waals surface area contributed by atoms with Gasteiger partial charge >= 0.3 is 0 Å². The van der Waals surface area contributed by atoms with E-state index in [2.05, 4.69) is 51.1 Å². The molecule has 28 heavy (non-hydrogen) atoms. The number of benzene rings is 2. The molecule has 0 unspecified atom stereocenters. The van der Waals surface area contributed by atoms with Crippen molar-refractivity contribution in [2.45, 2.75) is 0 Å². The summed E-state index contributed by atoms with van der Waals surface area (Å²) < 4.78 is 13.3. The second-order valence-electron chi connectivity index (χ2n) is 5.50. The zero-order valence-electron chi connectivity index (χ0n) is 14.6. The fraction of sp³-hybridized carbons (Fsp3) is 0.100. The molecule has 1 aliphatic heterocycles. The van der Waals surface area contributed by atoms with Crippen LogP contribution in [-0.2, 0) is 4.79 Å². The van der Waals surface area contributed by atoms with E-state index in [4.69, 9.17) is 28.1 Å². The Morgan fingerprint density at radius 1 is 1.29 bits per heavy atom. The molecule has 0 N–H and O–H groups in total. The molecular weight excluding hydrogens is 620 g/mol. The molecule has 142 valence electrons. The summed E-state index contributed by atoms with van der Waals surface area (Å²) in [6.45, 7) is 0.211. The summed E-state index contributed by atoms with van der Waals surface area (Å²) in [4.78, 5) is 15.1. The van der Waals surface area contributed by atoms with E-state index in [1.54, 1.807) is 13.2 Å². The van der Waals surface area contributed by atoms with Crippen molar-refractivity contribution < 1.29 is 14.3 Å². The molecule has 1 aliphatic rings. The lowest BCUT2D eigenvalue weighted by Gasteiger charge is -2.17. The molecular formula is C20H13I2NO3S2. The Labute approximate surface area is 200 Å². The van der Waals surface area contributed by atoms with Crippen LogP contribution in [0.15, 0.2) is 41.3 Å². The average Bonchev–Trinajstić information content (AvgIpc) is 2.94. The van der Waals surface area contributed by atoms with Gasteiger partial charge in [-0.15, -0.1) is 6.42 Å². The molecule has 1 fully saturated rings. The normalized spacial score (nSPS) is 15.1. The van der Waals surface area contributed by atoms with Crippen LogP contribution in [0.25, 0.3) is 6.08 Å². The zero-order chi connectivity index (χ0) is 20.3. The van der Waals surface area contributed by atoms with Crippen LogP contribution in [0.5, 0.6) is 11.5 Å². The van der Waals surface area contributed by atoms with Gasteiger partial charge in [-0.25, -0.2) is 0 Å². The monoisotopic (exact) mass is 633 g/mol. The van der Waals surface area contributed by atoms with Crippen LogP contribution in [0.3, 0.4) is 0 Å². The smallest absolute Gasteiger partial charge is 0.270 e. The highest BCUT2D eigenvalue weighted by atomic mass is 127. The van der Waals surface area contributed by atoms with Crippen molar-refractivity contribution in [2.24, 2.45) is 0 Å². The third-order valence-electron chi connectivity index (χ3n) is 3.74. The third kappa shape index (κ3) is 4.48. The van der Waals surface area contributed by atoms with Gasteiger partial charge in [0.1, 0.15) is 18.1 Å². The summed E-state index contributed by atoms with van der Waals surface area (Å²) in [5, 5.41) is 0. The molecule has 0 aromatic heterocycles. The van der Waals surface area contributed by atoms with E-state index >= 15 is 0 Å². The predicted molar refractivity (Wildman–Crippen MR) is 135 cm³/mol. The number of amides is 1. The highest BCUT2D eigenvalue weighted by Crippen LogP contribution is 2.40. The number of ether oxygens (including phenoxy) is 2. The maximum Gasteiger partial charge on any atom is 0.270 e. The van der Waals surface area contributed by atoms with Crippen molar-refractivity contribution in [1.29, 1.82) is 0 Å². The summed E-state index contributed by atoms with van der Waals surface area (Å²) in [6, 6.07) is 11.2. The Kier molecular flexibility index (Phi) is 7.25. The standard InChI is InChI=1S/C20H13I2NO3S2/c1-3-8-26-18-13(21)9-12(10-14(18)22)11-17-19(24)23(20(27)28-17)15-6-4-5-7-16(15)25-2/h1,4-7,9-11H,8H2,2H3.